The van der Waals surface area contributed by atoms with E-state index in [1.807, 2.05) is 0 Å². The van der Waals surface area contributed by atoms with Crippen LogP contribution in [0.2, 0.25) is 0 Å². The third-order valence-corrected chi connectivity index (χ3v) is 6.52. The molecule has 0 aromatic rings. The lowest BCUT2D eigenvalue weighted by atomic mass is 9.92. The average molecular weight is 617 g/mol. The highest BCUT2D eigenvalue weighted by atomic mass is 16.6. The number of aliphatic hydroxyl groups is 14. The summed E-state index contributed by atoms with van der Waals surface area (Å²) in [5.74, 6) is 0. The van der Waals surface area contributed by atoms with E-state index in [1.54, 1.807) is 0 Å². The predicted octanol–water partition coefficient (Wildman–Crippen LogP) is -6.16. The van der Waals surface area contributed by atoms with Gasteiger partial charge in [0.25, 0.3) is 0 Å². The minimum absolute atomic E-state index is 0.153. The van der Waals surface area contributed by atoms with Crippen molar-refractivity contribution < 1.29 is 81.0 Å². The second-order valence-electron chi connectivity index (χ2n) is 9.66. The molecule has 0 aromatic heterocycles. The molecule has 14 N–H and O–H groups in total. The number of aliphatic hydroxyl groups excluding tert-OH is 14. The van der Waals surface area contributed by atoms with Crippen molar-refractivity contribution in [2.24, 2.45) is 0 Å². The predicted molar refractivity (Wildman–Crippen MR) is 143 cm³/mol. The van der Waals surface area contributed by atoms with Crippen LogP contribution in [-0.4, -0.2) is 171 Å². The van der Waals surface area contributed by atoms with Crippen LogP contribution in [0.25, 0.3) is 0 Å². The fourth-order valence-electron chi connectivity index (χ4n) is 3.85. The number of ether oxygens (including phenoxy) is 2. The molecule has 0 aromatic carbocycles. The average Bonchev–Trinajstić information content (AvgIpc) is 2.99. The summed E-state index contributed by atoms with van der Waals surface area (Å²) in [6.07, 6.45) is 4.89. The van der Waals surface area contributed by atoms with Crippen molar-refractivity contribution in [1.82, 2.24) is 0 Å². The summed E-state index contributed by atoms with van der Waals surface area (Å²) < 4.78 is 8.94. The normalized spacial score (nSPS) is 40.2. The molecule has 16 nitrogen and oxygen atoms in total. The molecule has 2 saturated heterocycles. The molecule has 4 rings (SSSR count). The first-order chi connectivity index (χ1) is 19.7. The third kappa shape index (κ3) is 14.8. The molecule has 4 fully saturated rings. The van der Waals surface area contributed by atoms with Crippen LogP contribution in [0.3, 0.4) is 0 Å². The SMILES string of the molecule is C#C.C#C.OC1OC[C@@H](O)[C@@H](O)[C@@H]1O.OC1OC[C@@H](O)[C@H](O)[C@@H]1O.OC1[C@H](O)CCC[C@H]1O.OC1[C@H](O)CCC[C@H]1O. The quantitative estimate of drug-likeness (QED) is 0.113. The molecule has 4 aliphatic rings. The standard InChI is InChI=1S/2C6H12O3.2C5H10O5.2C2H2/c2*7-4-2-1-3-5(8)6(4)9;2*6-2-1-10-5(9)4(8)3(2)7;2*1-2/h2*4-9H,1-3H2;2*2-9H,1H2;2*1-2H/t2*4-,5-;2-,3+,4+,5?;2-,3-,4+,5?;;/m1111../s1. The molecule has 0 spiro atoms. The Bertz CT molecular complexity index is 604. The summed E-state index contributed by atoms with van der Waals surface area (Å²) in [4.78, 5) is 0. The zero-order valence-corrected chi connectivity index (χ0v) is 23.1. The zero-order valence-electron chi connectivity index (χ0n) is 23.1. The first-order valence-corrected chi connectivity index (χ1v) is 13.1. The van der Waals surface area contributed by atoms with Crippen LogP contribution in [0.15, 0.2) is 0 Å². The smallest absolute Gasteiger partial charge is 0.183 e. The number of terminal acetylenes is 2. The van der Waals surface area contributed by atoms with Gasteiger partial charge < -0.3 is 81.0 Å². The molecule has 0 amide bonds. The van der Waals surface area contributed by atoms with Gasteiger partial charge in [-0.2, -0.15) is 0 Å². The molecule has 16 heteroatoms. The van der Waals surface area contributed by atoms with Crippen LogP contribution in [0.1, 0.15) is 38.5 Å². The Kier molecular flexibility index (Phi) is 23.3. The molecular formula is C26H48O16. The lowest BCUT2D eigenvalue weighted by molar-refractivity contribution is -0.252. The molecule has 12 atom stereocenters. The minimum atomic E-state index is -1.41. The van der Waals surface area contributed by atoms with E-state index in [4.69, 9.17) is 71.5 Å². The van der Waals surface area contributed by atoms with Crippen LogP contribution in [0.4, 0.5) is 0 Å². The number of hydrogen-bond donors (Lipinski definition) is 14. The summed E-state index contributed by atoms with van der Waals surface area (Å²) in [5.41, 5.74) is 0. The van der Waals surface area contributed by atoms with Gasteiger partial charge in [-0.3, -0.25) is 0 Å². The van der Waals surface area contributed by atoms with E-state index in [0.717, 1.165) is 12.8 Å². The van der Waals surface area contributed by atoms with E-state index in [-0.39, 0.29) is 13.2 Å². The van der Waals surface area contributed by atoms with Gasteiger partial charge in [0, 0.05) is 0 Å². The van der Waals surface area contributed by atoms with Gasteiger partial charge in [0.05, 0.1) is 37.6 Å². The van der Waals surface area contributed by atoms with Gasteiger partial charge in [0.2, 0.25) is 0 Å². The Balaban J connectivity index is 0. The van der Waals surface area contributed by atoms with Gasteiger partial charge in [-0.05, 0) is 38.5 Å². The van der Waals surface area contributed by atoms with Crippen LogP contribution < -0.4 is 0 Å². The Morgan fingerprint density at radius 3 is 0.762 bits per heavy atom. The van der Waals surface area contributed by atoms with Gasteiger partial charge >= 0.3 is 0 Å². The van der Waals surface area contributed by atoms with Crippen LogP contribution in [0, 0.1) is 25.7 Å². The lowest BCUT2D eigenvalue weighted by Gasteiger charge is -2.31. The highest BCUT2D eigenvalue weighted by Gasteiger charge is 2.37. The zero-order chi connectivity index (χ0) is 33.2. The maximum Gasteiger partial charge on any atom is 0.183 e. The molecule has 0 radical (unpaired) electrons. The van der Waals surface area contributed by atoms with Crippen molar-refractivity contribution >= 4 is 0 Å². The molecule has 2 heterocycles. The molecule has 2 unspecified atom stereocenters. The van der Waals surface area contributed by atoms with Gasteiger partial charge in [0.1, 0.15) is 48.8 Å². The third-order valence-electron chi connectivity index (χ3n) is 6.52. The molecule has 42 heavy (non-hydrogen) atoms. The number of rotatable bonds is 0. The van der Waals surface area contributed by atoms with Gasteiger partial charge in [-0.15, -0.1) is 25.7 Å². The summed E-state index contributed by atoms with van der Waals surface area (Å²) in [5, 5.41) is 124. The van der Waals surface area contributed by atoms with Gasteiger partial charge in [-0.25, -0.2) is 0 Å². The minimum Gasteiger partial charge on any atom is -0.390 e. The van der Waals surface area contributed by atoms with E-state index >= 15 is 0 Å². The van der Waals surface area contributed by atoms with Crippen LogP contribution in [0.5, 0.6) is 0 Å². The second-order valence-corrected chi connectivity index (χ2v) is 9.66. The Morgan fingerprint density at radius 2 is 0.571 bits per heavy atom. The Labute approximate surface area is 244 Å². The maximum absolute atomic E-state index is 8.95. The highest BCUT2D eigenvalue weighted by Crippen LogP contribution is 2.19. The molecule has 2 aliphatic heterocycles. The van der Waals surface area contributed by atoms with E-state index in [0.29, 0.717) is 25.7 Å². The summed E-state index contributed by atoms with van der Waals surface area (Å²) in [6.45, 7) is -0.307. The van der Waals surface area contributed by atoms with Crippen molar-refractivity contribution in [2.45, 2.75) is 124 Å². The van der Waals surface area contributed by atoms with E-state index in [9.17, 15) is 0 Å². The molecule has 0 bridgehead atoms. The molecule has 2 saturated carbocycles. The van der Waals surface area contributed by atoms with E-state index in [2.05, 4.69) is 35.2 Å². The lowest BCUT2D eigenvalue weighted by Crippen LogP contribution is -2.52. The van der Waals surface area contributed by atoms with Crippen molar-refractivity contribution in [3.63, 3.8) is 0 Å². The van der Waals surface area contributed by atoms with E-state index < -0.39 is 85.8 Å². The van der Waals surface area contributed by atoms with Crippen molar-refractivity contribution in [3.05, 3.63) is 0 Å². The fourth-order valence-corrected chi connectivity index (χ4v) is 3.85. The summed E-state index contributed by atoms with van der Waals surface area (Å²) in [6, 6.07) is 0. The summed E-state index contributed by atoms with van der Waals surface area (Å²) in [7, 11) is 0. The van der Waals surface area contributed by atoms with Gasteiger partial charge in [-0.1, -0.05) is 0 Å². The topological polar surface area (TPSA) is 302 Å². The van der Waals surface area contributed by atoms with Crippen LogP contribution in [-0.2, 0) is 9.47 Å². The maximum atomic E-state index is 8.95. The van der Waals surface area contributed by atoms with Gasteiger partial charge in [0.15, 0.2) is 12.6 Å². The highest BCUT2D eigenvalue weighted by molar-refractivity contribution is 4.83. The molecule has 2 aliphatic carbocycles. The fraction of sp³-hybridized carbons (Fsp3) is 0.846. The van der Waals surface area contributed by atoms with E-state index in [1.165, 1.54) is 0 Å². The summed E-state index contributed by atoms with van der Waals surface area (Å²) >= 11 is 0. The number of hydrogen-bond acceptors (Lipinski definition) is 16. The molecule has 248 valence electrons. The van der Waals surface area contributed by atoms with Crippen molar-refractivity contribution in [3.8, 4) is 25.7 Å². The Morgan fingerprint density at radius 1 is 0.333 bits per heavy atom. The molecular weight excluding hydrogens is 568 g/mol. The Hall–Kier alpha value is -1.52. The van der Waals surface area contributed by atoms with Crippen molar-refractivity contribution in [2.75, 3.05) is 13.2 Å². The monoisotopic (exact) mass is 616 g/mol. The second kappa shape index (κ2) is 22.9. The van der Waals surface area contributed by atoms with Crippen LogP contribution >= 0.6 is 0 Å². The largest absolute Gasteiger partial charge is 0.390 e. The first kappa shape index (κ1) is 42.6. The van der Waals surface area contributed by atoms with Crippen molar-refractivity contribution in [1.29, 1.82) is 0 Å². The first-order valence-electron chi connectivity index (χ1n) is 13.1.